The van der Waals surface area contributed by atoms with Crippen LogP contribution in [-0.4, -0.2) is 25.6 Å². The van der Waals surface area contributed by atoms with Gasteiger partial charge in [0.1, 0.15) is 6.54 Å². The maximum Gasteiger partial charge on any atom is 0.279 e. The zero-order valence-corrected chi connectivity index (χ0v) is 12.2. The van der Waals surface area contributed by atoms with Gasteiger partial charge in [0, 0.05) is 6.21 Å². The van der Waals surface area contributed by atoms with E-state index in [1.807, 2.05) is 20.8 Å². The van der Waals surface area contributed by atoms with E-state index in [0.717, 1.165) is 9.98 Å². The highest BCUT2D eigenvalue weighted by Crippen LogP contribution is 2.16. The Kier molecular flexibility index (Phi) is 5.13. The zero-order chi connectivity index (χ0) is 14.5. The zero-order valence-electron chi connectivity index (χ0n) is 11.4. The molecule has 102 valence electrons. The molecule has 0 bridgehead atoms. The lowest BCUT2D eigenvalue weighted by molar-refractivity contribution is 0.466. The lowest BCUT2D eigenvalue weighted by atomic mass is 10.2. The minimum Gasteiger partial charge on any atom is -0.200 e. The monoisotopic (exact) mass is 278 g/mol. The smallest absolute Gasteiger partial charge is 0.200 e. The molecule has 0 atom stereocenters. The van der Waals surface area contributed by atoms with E-state index in [-0.39, 0.29) is 17.4 Å². The van der Waals surface area contributed by atoms with Gasteiger partial charge in [-0.3, -0.25) is 0 Å². The molecule has 0 aliphatic rings. The Bertz CT molecular complexity index is 581. The molecule has 0 fully saturated rings. The van der Waals surface area contributed by atoms with E-state index in [1.165, 1.54) is 0 Å². The highest BCUT2D eigenvalue weighted by atomic mass is 32.2. The normalized spacial score (nSPS) is 11.7. The second-order valence-electron chi connectivity index (χ2n) is 4.51. The van der Waals surface area contributed by atoms with E-state index in [1.54, 1.807) is 30.5 Å². The van der Waals surface area contributed by atoms with Gasteiger partial charge in [0.15, 0.2) is 0 Å². The molecular formula is C14H18N2O2S. The molecule has 1 aromatic carbocycles. The van der Waals surface area contributed by atoms with E-state index in [0.29, 0.717) is 0 Å². The van der Waals surface area contributed by atoms with Crippen LogP contribution in [0.15, 0.2) is 34.3 Å². The van der Waals surface area contributed by atoms with Gasteiger partial charge in [0.2, 0.25) is 0 Å². The Morgan fingerprint density at radius 1 is 1.37 bits per heavy atom. The number of terminal acetylenes is 1. The standard InChI is InChI=1S/C14H18N2O2S/c1-5-10-16(15-11-12(2)3)19(17,18)14-8-6-13(4)7-9-14/h1,6-9,11-12H,10H2,2-4H3/b15-11+. The number of sulfonamides is 1. The van der Waals surface area contributed by atoms with E-state index in [9.17, 15) is 8.42 Å². The van der Waals surface area contributed by atoms with Crippen LogP contribution < -0.4 is 0 Å². The second kappa shape index (κ2) is 6.39. The summed E-state index contributed by atoms with van der Waals surface area (Å²) in [5.41, 5.74) is 0.994. The van der Waals surface area contributed by atoms with Crippen molar-refractivity contribution in [1.82, 2.24) is 4.41 Å². The number of aryl methyl sites for hydroxylation is 1. The fraction of sp³-hybridized carbons (Fsp3) is 0.357. The highest BCUT2D eigenvalue weighted by molar-refractivity contribution is 7.89. The number of rotatable bonds is 5. The third-order valence-electron chi connectivity index (χ3n) is 2.32. The van der Waals surface area contributed by atoms with Crippen molar-refractivity contribution in [1.29, 1.82) is 0 Å². The first kappa shape index (κ1) is 15.3. The van der Waals surface area contributed by atoms with Crippen molar-refractivity contribution in [2.24, 2.45) is 11.0 Å². The van der Waals surface area contributed by atoms with Crippen LogP contribution in [0.25, 0.3) is 0 Å². The average Bonchev–Trinajstić information content (AvgIpc) is 2.34. The summed E-state index contributed by atoms with van der Waals surface area (Å²) in [6.45, 7) is 5.64. The molecule has 0 aliphatic heterocycles. The molecule has 0 unspecified atom stereocenters. The van der Waals surface area contributed by atoms with Crippen molar-refractivity contribution >= 4 is 16.2 Å². The summed E-state index contributed by atoms with van der Waals surface area (Å²) < 4.78 is 25.7. The number of hydrogen-bond donors (Lipinski definition) is 0. The van der Waals surface area contributed by atoms with Crippen LogP contribution in [0.2, 0.25) is 0 Å². The van der Waals surface area contributed by atoms with Gasteiger partial charge in [-0.2, -0.15) is 17.9 Å². The number of hydrogen-bond acceptors (Lipinski definition) is 3. The van der Waals surface area contributed by atoms with Gasteiger partial charge >= 0.3 is 0 Å². The van der Waals surface area contributed by atoms with Crippen molar-refractivity contribution in [3.05, 3.63) is 29.8 Å². The summed E-state index contributed by atoms with van der Waals surface area (Å²) in [6, 6.07) is 6.60. The minimum absolute atomic E-state index is 0.0839. The molecule has 0 amide bonds. The maximum absolute atomic E-state index is 12.4. The molecule has 5 heteroatoms. The summed E-state index contributed by atoms with van der Waals surface area (Å²) in [7, 11) is -3.68. The first-order valence-corrected chi connectivity index (χ1v) is 7.39. The quantitative estimate of drug-likeness (QED) is 0.471. The molecular weight excluding hydrogens is 260 g/mol. The molecule has 4 nitrogen and oxygen atoms in total. The van der Waals surface area contributed by atoms with Gasteiger partial charge in [-0.15, -0.1) is 6.42 Å². The summed E-state index contributed by atoms with van der Waals surface area (Å²) in [5.74, 6) is 2.46. The molecule has 0 aliphatic carbocycles. The van der Waals surface area contributed by atoms with Crippen LogP contribution in [-0.2, 0) is 10.0 Å². The molecule has 0 aromatic heterocycles. The van der Waals surface area contributed by atoms with Gasteiger partial charge < -0.3 is 0 Å². The fourth-order valence-corrected chi connectivity index (χ4v) is 2.45. The van der Waals surface area contributed by atoms with Gasteiger partial charge in [0.05, 0.1) is 4.90 Å². The number of benzene rings is 1. The SMILES string of the molecule is C#CCN(/N=C/C(C)C)S(=O)(=O)c1ccc(C)cc1. The first-order chi connectivity index (χ1) is 8.87. The van der Waals surface area contributed by atoms with Crippen LogP contribution >= 0.6 is 0 Å². The number of hydrazone groups is 1. The molecule has 19 heavy (non-hydrogen) atoms. The Morgan fingerprint density at radius 2 is 1.95 bits per heavy atom. The molecule has 0 saturated heterocycles. The van der Waals surface area contributed by atoms with Crippen LogP contribution in [0.4, 0.5) is 0 Å². The molecule has 0 radical (unpaired) electrons. The molecule has 0 heterocycles. The topological polar surface area (TPSA) is 49.7 Å². The van der Waals surface area contributed by atoms with Crippen molar-refractivity contribution < 1.29 is 8.42 Å². The van der Waals surface area contributed by atoms with Crippen molar-refractivity contribution in [2.75, 3.05) is 6.54 Å². The Balaban J connectivity index is 3.13. The third kappa shape index (κ3) is 4.11. The van der Waals surface area contributed by atoms with Crippen LogP contribution in [0.5, 0.6) is 0 Å². The van der Waals surface area contributed by atoms with Gasteiger partial charge in [-0.25, -0.2) is 0 Å². The highest BCUT2D eigenvalue weighted by Gasteiger charge is 2.21. The van der Waals surface area contributed by atoms with Gasteiger partial charge in [-0.1, -0.05) is 37.5 Å². The fourth-order valence-electron chi connectivity index (χ4n) is 1.31. The van der Waals surface area contributed by atoms with Crippen molar-refractivity contribution in [3.63, 3.8) is 0 Å². The second-order valence-corrected chi connectivity index (χ2v) is 6.35. The molecule has 0 saturated carbocycles. The van der Waals surface area contributed by atoms with E-state index in [2.05, 4.69) is 11.0 Å². The minimum atomic E-state index is -3.68. The van der Waals surface area contributed by atoms with Crippen molar-refractivity contribution in [2.45, 2.75) is 25.7 Å². The van der Waals surface area contributed by atoms with Crippen LogP contribution in [0.3, 0.4) is 0 Å². The molecule has 0 spiro atoms. The number of nitrogens with zero attached hydrogens (tertiary/aromatic N) is 2. The predicted molar refractivity (Wildman–Crippen MR) is 77.2 cm³/mol. The summed E-state index contributed by atoms with van der Waals surface area (Å²) in [4.78, 5) is 0.189. The van der Waals surface area contributed by atoms with E-state index >= 15 is 0 Å². The van der Waals surface area contributed by atoms with Crippen LogP contribution in [0, 0.1) is 25.2 Å². The molecule has 1 aromatic rings. The summed E-state index contributed by atoms with van der Waals surface area (Å²) in [5, 5.41) is 3.96. The lowest BCUT2D eigenvalue weighted by Gasteiger charge is -2.17. The Hall–Kier alpha value is -1.80. The lowest BCUT2D eigenvalue weighted by Crippen LogP contribution is -2.27. The Morgan fingerprint density at radius 3 is 2.42 bits per heavy atom. The predicted octanol–water partition coefficient (Wildman–Crippen LogP) is 2.26. The van der Waals surface area contributed by atoms with E-state index in [4.69, 9.17) is 6.42 Å². The summed E-state index contributed by atoms with van der Waals surface area (Å²) >= 11 is 0. The summed E-state index contributed by atoms with van der Waals surface area (Å²) in [6.07, 6.45) is 6.76. The molecule has 0 N–H and O–H groups in total. The average molecular weight is 278 g/mol. The first-order valence-electron chi connectivity index (χ1n) is 5.95. The van der Waals surface area contributed by atoms with Crippen LogP contribution in [0.1, 0.15) is 19.4 Å². The van der Waals surface area contributed by atoms with E-state index < -0.39 is 10.0 Å². The molecule has 1 rings (SSSR count). The third-order valence-corrected chi connectivity index (χ3v) is 3.96. The van der Waals surface area contributed by atoms with Gasteiger partial charge in [-0.05, 0) is 25.0 Å². The van der Waals surface area contributed by atoms with Crippen molar-refractivity contribution in [3.8, 4) is 12.3 Å². The van der Waals surface area contributed by atoms with Gasteiger partial charge in [0.25, 0.3) is 10.0 Å². The maximum atomic E-state index is 12.4. The Labute approximate surface area is 115 Å². The largest absolute Gasteiger partial charge is 0.279 e.